The quantitative estimate of drug-likeness (QED) is 0.642. The molecule has 0 radical (unpaired) electrons. The molecule has 3 N–H and O–H groups in total. The van der Waals surface area contributed by atoms with Gasteiger partial charge in [0.15, 0.2) is 0 Å². The Hall–Kier alpha value is -2.01. The van der Waals surface area contributed by atoms with Gasteiger partial charge in [0.05, 0.1) is 4.90 Å². The fraction of sp³-hybridized carbons (Fsp3) is 0.600. The van der Waals surface area contributed by atoms with Gasteiger partial charge < -0.3 is 20.4 Å². The van der Waals surface area contributed by atoms with E-state index in [1.165, 1.54) is 6.07 Å². The topological polar surface area (TPSA) is 116 Å². The Labute approximate surface area is 178 Å². The van der Waals surface area contributed by atoms with Crippen LogP contribution in [0.5, 0.6) is 0 Å². The van der Waals surface area contributed by atoms with E-state index in [9.17, 15) is 18.0 Å². The van der Waals surface area contributed by atoms with Crippen molar-refractivity contribution in [2.75, 3.05) is 44.7 Å². The number of carbonyl (C=O) groups is 2. The number of nitrogens with zero attached hydrogens (tertiary/aromatic N) is 3. The fourth-order valence-corrected chi connectivity index (χ4v) is 5.52. The first-order chi connectivity index (χ1) is 14.2. The molecule has 0 aliphatic carbocycles. The summed E-state index contributed by atoms with van der Waals surface area (Å²) < 4.78 is 28.8. The van der Waals surface area contributed by atoms with E-state index in [2.05, 4.69) is 9.62 Å². The van der Waals surface area contributed by atoms with Crippen LogP contribution in [0.2, 0.25) is 0 Å². The second kappa shape index (κ2) is 9.01. The minimum Gasteiger partial charge on any atom is -0.339 e. The first kappa shape index (κ1) is 22.7. The van der Waals surface area contributed by atoms with E-state index in [-0.39, 0.29) is 29.3 Å². The van der Waals surface area contributed by atoms with Crippen LogP contribution in [0.25, 0.3) is 0 Å². The highest BCUT2D eigenvalue weighted by molar-refractivity contribution is 7.89. The van der Waals surface area contributed by atoms with Crippen molar-refractivity contribution in [3.8, 4) is 0 Å². The van der Waals surface area contributed by atoms with Crippen LogP contribution in [0.1, 0.15) is 25.3 Å². The zero-order valence-corrected chi connectivity index (χ0v) is 18.6. The van der Waals surface area contributed by atoms with Crippen LogP contribution in [-0.4, -0.2) is 81.9 Å². The summed E-state index contributed by atoms with van der Waals surface area (Å²) in [6.07, 6.45) is 1.19. The largest absolute Gasteiger partial charge is 0.339 e. The summed E-state index contributed by atoms with van der Waals surface area (Å²) in [6, 6.07) is 3.84. The second-order valence-electron chi connectivity index (χ2n) is 8.09. The maximum atomic E-state index is 13.1. The van der Waals surface area contributed by atoms with E-state index in [4.69, 9.17) is 5.73 Å². The van der Waals surface area contributed by atoms with Gasteiger partial charge in [0, 0.05) is 50.9 Å². The molecule has 0 saturated carbocycles. The molecule has 2 saturated heterocycles. The molecule has 1 unspecified atom stereocenters. The van der Waals surface area contributed by atoms with E-state index in [0.29, 0.717) is 30.8 Å². The van der Waals surface area contributed by atoms with Gasteiger partial charge in [0.25, 0.3) is 0 Å². The van der Waals surface area contributed by atoms with Crippen molar-refractivity contribution in [2.45, 2.75) is 43.7 Å². The summed E-state index contributed by atoms with van der Waals surface area (Å²) in [7, 11) is -2.03. The summed E-state index contributed by atoms with van der Waals surface area (Å²) in [5, 5.41) is 0. The van der Waals surface area contributed by atoms with Crippen molar-refractivity contribution in [1.82, 2.24) is 14.5 Å². The van der Waals surface area contributed by atoms with Crippen molar-refractivity contribution in [2.24, 2.45) is 5.73 Å². The average molecular weight is 438 g/mol. The van der Waals surface area contributed by atoms with E-state index < -0.39 is 16.1 Å². The van der Waals surface area contributed by atoms with Gasteiger partial charge in [-0.25, -0.2) is 8.42 Å². The van der Waals surface area contributed by atoms with Crippen molar-refractivity contribution in [3.05, 3.63) is 23.8 Å². The van der Waals surface area contributed by atoms with Crippen LogP contribution in [0, 0.1) is 6.92 Å². The molecule has 2 aliphatic rings. The fourth-order valence-electron chi connectivity index (χ4n) is 4.05. The molecule has 2 atom stereocenters. The van der Waals surface area contributed by atoms with Crippen LogP contribution in [-0.2, 0) is 19.6 Å². The van der Waals surface area contributed by atoms with Gasteiger partial charge in [-0.1, -0.05) is 6.07 Å². The van der Waals surface area contributed by atoms with E-state index >= 15 is 0 Å². The summed E-state index contributed by atoms with van der Waals surface area (Å²) in [6.45, 7) is 6.04. The normalized spacial score (nSPS) is 21.9. The van der Waals surface area contributed by atoms with Crippen molar-refractivity contribution >= 4 is 27.5 Å². The van der Waals surface area contributed by atoms with E-state index in [1.54, 1.807) is 28.9 Å². The Balaban J connectivity index is 1.83. The lowest BCUT2D eigenvalue weighted by molar-refractivity contribution is -0.134. The lowest BCUT2D eigenvalue weighted by atomic mass is 10.1. The van der Waals surface area contributed by atoms with Crippen LogP contribution in [0.4, 0.5) is 5.69 Å². The van der Waals surface area contributed by atoms with Gasteiger partial charge in [0.1, 0.15) is 6.04 Å². The molecular formula is C20H31N5O4S. The number of anilines is 1. The summed E-state index contributed by atoms with van der Waals surface area (Å²) in [4.78, 5) is 30.6. The zero-order chi connectivity index (χ0) is 22.1. The smallest absolute Gasteiger partial charge is 0.242 e. The lowest BCUT2D eigenvalue weighted by Gasteiger charge is -2.34. The Morgan fingerprint density at radius 2 is 1.93 bits per heavy atom. The Bertz CT molecular complexity index is 912. The monoisotopic (exact) mass is 437 g/mol. The first-order valence-corrected chi connectivity index (χ1v) is 11.8. The van der Waals surface area contributed by atoms with Crippen LogP contribution >= 0.6 is 0 Å². The lowest BCUT2D eigenvalue weighted by Crippen LogP contribution is -2.56. The van der Waals surface area contributed by atoms with Gasteiger partial charge in [0.2, 0.25) is 21.8 Å². The number of rotatable bonds is 6. The first-order valence-electron chi connectivity index (χ1n) is 10.3. The van der Waals surface area contributed by atoms with Crippen LogP contribution < -0.4 is 15.4 Å². The maximum absolute atomic E-state index is 13.1. The van der Waals surface area contributed by atoms with Crippen molar-refractivity contribution in [3.63, 3.8) is 0 Å². The molecule has 1 aromatic rings. The molecule has 0 spiro atoms. The number of nitrogens with two attached hydrogens (primary N) is 1. The number of piperazine rings is 1. The number of nitrogens with one attached hydrogen (secondary N) is 1. The number of amides is 2. The molecule has 166 valence electrons. The predicted octanol–water partition coefficient (Wildman–Crippen LogP) is -0.110. The van der Waals surface area contributed by atoms with E-state index in [1.807, 2.05) is 14.0 Å². The number of hydrogen-bond acceptors (Lipinski definition) is 6. The maximum Gasteiger partial charge on any atom is 0.242 e. The third-order valence-corrected chi connectivity index (χ3v) is 7.55. The molecule has 2 heterocycles. The third-order valence-electron chi connectivity index (χ3n) is 5.94. The number of benzene rings is 1. The summed E-state index contributed by atoms with van der Waals surface area (Å²) >= 11 is 0. The van der Waals surface area contributed by atoms with Gasteiger partial charge in [-0.05, 0) is 45.0 Å². The van der Waals surface area contributed by atoms with Crippen LogP contribution in [0.15, 0.2) is 23.1 Å². The third kappa shape index (κ3) is 4.51. The van der Waals surface area contributed by atoms with Crippen LogP contribution in [0.3, 0.4) is 0 Å². The SMILES string of the molecule is Cc1c(N2C(=O)CCC2C)cccc1S(=O)(=O)N[C@@H](CN)C(=O)N1CCN(C)CC1. The van der Waals surface area contributed by atoms with Gasteiger partial charge in [-0.2, -0.15) is 4.72 Å². The molecule has 2 aliphatic heterocycles. The van der Waals surface area contributed by atoms with Gasteiger partial charge >= 0.3 is 0 Å². The predicted molar refractivity (Wildman–Crippen MR) is 115 cm³/mol. The minimum absolute atomic E-state index is 0.0118. The number of likely N-dealkylation sites (N-methyl/N-ethyl adjacent to an activating group) is 1. The average Bonchev–Trinajstić information content (AvgIpc) is 3.04. The molecule has 0 bridgehead atoms. The Morgan fingerprint density at radius 3 is 2.50 bits per heavy atom. The van der Waals surface area contributed by atoms with Gasteiger partial charge in [-0.3, -0.25) is 9.59 Å². The highest BCUT2D eigenvalue weighted by Crippen LogP contribution is 2.32. The second-order valence-corrected chi connectivity index (χ2v) is 9.77. The standard InChI is InChI=1S/C20H31N5O4S/c1-14-7-8-19(26)25(14)17-5-4-6-18(15(17)2)30(28,29)22-16(13-21)20(27)24-11-9-23(3)10-12-24/h4-6,14,16,22H,7-13,21H2,1-3H3/t14?,16-/m0/s1. The highest BCUT2D eigenvalue weighted by Gasteiger charge is 2.33. The summed E-state index contributed by atoms with van der Waals surface area (Å²) in [5.41, 5.74) is 6.83. The molecule has 3 rings (SSSR count). The number of carbonyl (C=O) groups excluding carboxylic acids is 2. The summed E-state index contributed by atoms with van der Waals surface area (Å²) in [5.74, 6) is -0.329. The van der Waals surface area contributed by atoms with Crippen molar-refractivity contribution in [1.29, 1.82) is 0 Å². The molecule has 9 nitrogen and oxygen atoms in total. The molecule has 0 aromatic heterocycles. The minimum atomic E-state index is -4.01. The molecular weight excluding hydrogens is 406 g/mol. The Kier molecular flexibility index (Phi) is 6.81. The molecule has 1 aromatic carbocycles. The zero-order valence-electron chi connectivity index (χ0n) is 17.8. The molecule has 10 heteroatoms. The number of sulfonamides is 1. The Morgan fingerprint density at radius 1 is 1.27 bits per heavy atom. The highest BCUT2D eigenvalue weighted by atomic mass is 32.2. The molecule has 2 amide bonds. The molecule has 30 heavy (non-hydrogen) atoms. The van der Waals surface area contributed by atoms with E-state index in [0.717, 1.165) is 19.5 Å². The van der Waals surface area contributed by atoms with Crippen molar-refractivity contribution < 1.29 is 18.0 Å². The molecule has 2 fully saturated rings. The van der Waals surface area contributed by atoms with Gasteiger partial charge in [-0.15, -0.1) is 0 Å². The number of hydrogen-bond donors (Lipinski definition) is 2.